The van der Waals surface area contributed by atoms with E-state index in [0.29, 0.717) is 23.0 Å². The highest BCUT2D eigenvalue weighted by Crippen LogP contribution is 2.29. The maximum Gasteiger partial charge on any atom is 0.261 e. The molecule has 23 heavy (non-hydrogen) atoms. The van der Waals surface area contributed by atoms with Gasteiger partial charge in [0.25, 0.3) is 5.71 Å². The van der Waals surface area contributed by atoms with E-state index in [9.17, 15) is 4.39 Å². The number of nitrogens with zero attached hydrogens (tertiary/aromatic N) is 3. The standard InChI is InChI=1S/C17H10FN3O2/c18-12-5-3-11(4-6-12)16-14-7-8-15(20-17(14)23-21-16)22-13-2-1-9-19-10-13/h1-10H. The molecule has 0 aliphatic rings. The van der Waals surface area contributed by atoms with E-state index in [0.717, 1.165) is 10.9 Å². The molecule has 5 nitrogen and oxygen atoms in total. The normalized spacial score (nSPS) is 10.8. The molecule has 0 atom stereocenters. The molecule has 0 saturated heterocycles. The minimum Gasteiger partial charge on any atom is -0.437 e. The van der Waals surface area contributed by atoms with Crippen LogP contribution < -0.4 is 4.74 Å². The highest BCUT2D eigenvalue weighted by molar-refractivity contribution is 5.89. The minimum atomic E-state index is -0.299. The van der Waals surface area contributed by atoms with Crippen molar-refractivity contribution < 1.29 is 13.7 Å². The van der Waals surface area contributed by atoms with Gasteiger partial charge in [0.15, 0.2) is 0 Å². The van der Waals surface area contributed by atoms with Crippen LogP contribution in [0.5, 0.6) is 11.6 Å². The number of hydrogen-bond donors (Lipinski definition) is 0. The van der Waals surface area contributed by atoms with Gasteiger partial charge in [0.2, 0.25) is 5.88 Å². The van der Waals surface area contributed by atoms with Crippen molar-refractivity contribution in [3.8, 4) is 22.9 Å². The maximum atomic E-state index is 13.0. The van der Waals surface area contributed by atoms with Crippen molar-refractivity contribution in [2.24, 2.45) is 0 Å². The fourth-order valence-electron chi connectivity index (χ4n) is 2.21. The predicted molar refractivity (Wildman–Crippen MR) is 81.5 cm³/mol. The number of benzene rings is 1. The van der Waals surface area contributed by atoms with Crippen LogP contribution >= 0.6 is 0 Å². The van der Waals surface area contributed by atoms with Crippen LogP contribution in [0.2, 0.25) is 0 Å². The smallest absolute Gasteiger partial charge is 0.261 e. The Hall–Kier alpha value is -3.28. The maximum absolute atomic E-state index is 13.0. The summed E-state index contributed by atoms with van der Waals surface area (Å²) in [5.74, 6) is 0.664. The largest absolute Gasteiger partial charge is 0.437 e. The van der Waals surface area contributed by atoms with Crippen molar-refractivity contribution in [2.75, 3.05) is 0 Å². The van der Waals surface area contributed by atoms with E-state index >= 15 is 0 Å². The SMILES string of the molecule is Fc1ccc(-c2noc3nc(Oc4cccnc4)ccc23)cc1. The van der Waals surface area contributed by atoms with Crippen molar-refractivity contribution in [3.05, 3.63) is 66.7 Å². The van der Waals surface area contributed by atoms with Gasteiger partial charge in [0.1, 0.15) is 17.3 Å². The first kappa shape index (κ1) is 13.4. The third-order valence-corrected chi connectivity index (χ3v) is 3.29. The summed E-state index contributed by atoms with van der Waals surface area (Å²) in [7, 11) is 0. The molecule has 3 aromatic heterocycles. The zero-order valence-corrected chi connectivity index (χ0v) is 11.8. The van der Waals surface area contributed by atoms with Crippen LogP contribution in [0.15, 0.2) is 65.4 Å². The highest BCUT2D eigenvalue weighted by Gasteiger charge is 2.13. The number of hydrogen-bond acceptors (Lipinski definition) is 5. The van der Waals surface area contributed by atoms with Gasteiger partial charge in [-0.2, -0.15) is 4.98 Å². The molecule has 0 unspecified atom stereocenters. The van der Waals surface area contributed by atoms with Crippen molar-refractivity contribution >= 4 is 11.1 Å². The lowest BCUT2D eigenvalue weighted by atomic mass is 10.1. The lowest BCUT2D eigenvalue weighted by molar-refractivity contribution is 0.433. The number of ether oxygens (including phenoxy) is 1. The molecule has 0 aliphatic heterocycles. The van der Waals surface area contributed by atoms with Crippen LogP contribution in [-0.4, -0.2) is 15.1 Å². The van der Waals surface area contributed by atoms with Crippen LogP contribution in [0.1, 0.15) is 0 Å². The molecular weight excluding hydrogens is 297 g/mol. The van der Waals surface area contributed by atoms with Gasteiger partial charge in [-0.05, 0) is 42.5 Å². The van der Waals surface area contributed by atoms with Crippen molar-refractivity contribution in [2.45, 2.75) is 0 Å². The molecule has 0 fully saturated rings. The van der Waals surface area contributed by atoms with Crippen LogP contribution in [0, 0.1) is 5.82 Å². The Balaban J connectivity index is 1.70. The van der Waals surface area contributed by atoms with E-state index in [2.05, 4.69) is 15.1 Å². The Labute approximate surface area is 130 Å². The summed E-state index contributed by atoms with van der Waals surface area (Å²) in [6.07, 6.45) is 3.26. The average molecular weight is 307 g/mol. The van der Waals surface area contributed by atoms with E-state index in [-0.39, 0.29) is 5.82 Å². The van der Waals surface area contributed by atoms with E-state index < -0.39 is 0 Å². The van der Waals surface area contributed by atoms with E-state index in [1.165, 1.54) is 12.1 Å². The van der Waals surface area contributed by atoms with Gasteiger partial charge in [0.05, 0.1) is 11.6 Å². The second-order valence-electron chi connectivity index (χ2n) is 4.83. The summed E-state index contributed by atoms with van der Waals surface area (Å²) in [4.78, 5) is 8.26. The number of rotatable bonds is 3. The van der Waals surface area contributed by atoms with E-state index in [4.69, 9.17) is 9.26 Å². The van der Waals surface area contributed by atoms with Crippen LogP contribution in [0.25, 0.3) is 22.4 Å². The molecule has 0 bridgehead atoms. The molecule has 112 valence electrons. The van der Waals surface area contributed by atoms with Gasteiger partial charge in [0, 0.05) is 17.8 Å². The molecule has 0 spiro atoms. The lowest BCUT2D eigenvalue weighted by Crippen LogP contribution is -1.88. The molecule has 0 radical (unpaired) electrons. The zero-order valence-electron chi connectivity index (χ0n) is 11.8. The Bertz CT molecular complexity index is 953. The molecular formula is C17H10FN3O2. The quantitative estimate of drug-likeness (QED) is 0.567. The molecule has 0 aliphatic carbocycles. The predicted octanol–water partition coefficient (Wildman–Crippen LogP) is 4.22. The minimum absolute atomic E-state index is 0.299. The summed E-state index contributed by atoms with van der Waals surface area (Å²) < 4.78 is 23.9. The summed E-state index contributed by atoms with van der Waals surface area (Å²) in [5, 5.41) is 4.75. The number of pyridine rings is 2. The Morgan fingerprint density at radius 3 is 2.65 bits per heavy atom. The topological polar surface area (TPSA) is 61.0 Å². The van der Waals surface area contributed by atoms with Gasteiger partial charge < -0.3 is 9.26 Å². The second kappa shape index (κ2) is 5.49. The summed E-state index contributed by atoms with van der Waals surface area (Å²) in [6, 6.07) is 13.1. The molecule has 3 heterocycles. The first-order chi connectivity index (χ1) is 11.3. The van der Waals surface area contributed by atoms with Crippen LogP contribution in [0.3, 0.4) is 0 Å². The Morgan fingerprint density at radius 2 is 1.87 bits per heavy atom. The molecule has 0 N–H and O–H groups in total. The monoisotopic (exact) mass is 307 g/mol. The van der Waals surface area contributed by atoms with Gasteiger partial charge in [-0.15, -0.1) is 0 Å². The Morgan fingerprint density at radius 1 is 1.00 bits per heavy atom. The highest BCUT2D eigenvalue weighted by atomic mass is 19.1. The number of fused-ring (bicyclic) bond motifs is 1. The van der Waals surface area contributed by atoms with Gasteiger partial charge >= 0.3 is 0 Å². The van der Waals surface area contributed by atoms with Crippen molar-refractivity contribution in [1.82, 2.24) is 15.1 Å². The molecule has 4 rings (SSSR count). The van der Waals surface area contributed by atoms with E-state index in [1.54, 1.807) is 42.7 Å². The lowest BCUT2D eigenvalue weighted by Gasteiger charge is -2.03. The molecule has 0 amide bonds. The first-order valence-corrected chi connectivity index (χ1v) is 6.90. The summed E-state index contributed by atoms with van der Waals surface area (Å²) in [5.41, 5.74) is 1.72. The molecule has 1 aromatic carbocycles. The van der Waals surface area contributed by atoms with E-state index in [1.807, 2.05) is 6.07 Å². The third-order valence-electron chi connectivity index (χ3n) is 3.29. The third kappa shape index (κ3) is 2.62. The molecule has 4 aromatic rings. The molecule has 6 heteroatoms. The number of aromatic nitrogens is 3. The van der Waals surface area contributed by atoms with Crippen LogP contribution in [0.4, 0.5) is 4.39 Å². The summed E-state index contributed by atoms with van der Waals surface area (Å²) in [6.45, 7) is 0. The van der Waals surface area contributed by atoms with Gasteiger partial charge in [-0.25, -0.2) is 4.39 Å². The summed E-state index contributed by atoms with van der Waals surface area (Å²) >= 11 is 0. The van der Waals surface area contributed by atoms with Crippen LogP contribution in [-0.2, 0) is 0 Å². The second-order valence-corrected chi connectivity index (χ2v) is 4.83. The zero-order chi connectivity index (χ0) is 15.6. The first-order valence-electron chi connectivity index (χ1n) is 6.90. The van der Waals surface area contributed by atoms with Gasteiger partial charge in [-0.3, -0.25) is 4.98 Å². The fraction of sp³-hybridized carbons (Fsp3) is 0. The van der Waals surface area contributed by atoms with Crippen molar-refractivity contribution in [1.29, 1.82) is 0 Å². The fourth-order valence-corrected chi connectivity index (χ4v) is 2.21. The van der Waals surface area contributed by atoms with Crippen molar-refractivity contribution in [3.63, 3.8) is 0 Å². The van der Waals surface area contributed by atoms with Gasteiger partial charge in [-0.1, -0.05) is 5.16 Å². The molecule has 0 saturated carbocycles. The number of halogens is 1. The average Bonchev–Trinajstić information content (AvgIpc) is 3.00. The Kier molecular flexibility index (Phi) is 3.20.